The lowest BCUT2D eigenvalue weighted by atomic mass is 10.1. The van der Waals surface area contributed by atoms with Gasteiger partial charge >= 0.3 is 0 Å². The van der Waals surface area contributed by atoms with E-state index in [0.717, 1.165) is 57.4 Å². The summed E-state index contributed by atoms with van der Waals surface area (Å²) in [6, 6.07) is 10.8. The van der Waals surface area contributed by atoms with Gasteiger partial charge in [0.05, 0.1) is 5.69 Å². The highest BCUT2D eigenvalue weighted by molar-refractivity contribution is 5.25. The van der Waals surface area contributed by atoms with Crippen LogP contribution in [0.15, 0.2) is 54.5 Å². The number of hydrogen-bond acceptors (Lipinski definition) is 5. The molecule has 0 spiro atoms. The first kappa shape index (κ1) is 20.8. The van der Waals surface area contributed by atoms with E-state index in [2.05, 4.69) is 38.4 Å². The Bertz CT molecular complexity index is 883. The molecule has 2 aromatic rings. The van der Waals surface area contributed by atoms with Gasteiger partial charge in [-0.25, -0.2) is 8.78 Å². The smallest absolute Gasteiger partial charge is 0.270 e. The fourth-order valence-electron chi connectivity index (χ4n) is 3.93. The van der Waals surface area contributed by atoms with Crippen LogP contribution in [0.25, 0.3) is 0 Å². The number of pyridine rings is 1. The summed E-state index contributed by atoms with van der Waals surface area (Å²) < 4.78 is 26.7. The number of halogens is 2. The molecule has 0 saturated carbocycles. The SMILES string of the molecule is Cc1ccnc(C2NC=C(CN3CCN(Cc4ccc(C(C)(F)F)cc4)CC3)N2)c1. The number of benzene rings is 1. The molecule has 2 aliphatic heterocycles. The van der Waals surface area contributed by atoms with Gasteiger partial charge in [-0.3, -0.25) is 14.8 Å². The van der Waals surface area contributed by atoms with Crippen LogP contribution >= 0.6 is 0 Å². The summed E-state index contributed by atoms with van der Waals surface area (Å²) in [6.07, 6.45) is 3.92. The van der Waals surface area contributed by atoms with Gasteiger partial charge in [0.15, 0.2) is 0 Å². The number of nitrogens with one attached hydrogen (secondary N) is 2. The van der Waals surface area contributed by atoms with E-state index in [1.54, 1.807) is 0 Å². The van der Waals surface area contributed by atoms with Crippen molar-refractivity contribution in [1.82, 2.24) is 25.4 Å². The molecule has 2 N–H and O–H groups in total. The van der Waals surface area contributed by atoms with Gasteiger partial charge < -0.3 is 10.6 Å². The molecule has 0 amide bonds. The third-order valence-corrected chi connectivity index (χ3v) is 5.71. The van der Waals surface area contributed by atoms with Gasteiger partial charge in [-0.1, -0.05) is 24.3 Å². The lowest BCUT2D eigenvalue weighted by Crippen LogP contribution is -2.47. The van der Waals surface area contributed by atoms with E-state index in [4.69, 9.17) is 0 Å². The van der Waals surface area contributed by atoms with E-state index in [1.165, 1.54) is 23.4 Å². The molecular weight excluding hydrogens is 384 g/mol. The molecule has 5 nitrogen and oxygen atoms in total. The van der Waals surface area contributed by atoms with Crippen LogP contribution in [0.2, 0.25) is 0 Å². The van der Waals surface area contributed by atoms with Crippen LogP contribution in [0.4, 0.5) is 8.78 Å². The first-order chi connectivity index (χ1) is 14.4. The molecule has 3 heterocycles. The van der Waals surface area contributed by atoms with Crippen LogP contribution in [-0.2, 0) is 12.5 Å². The van der Waals surface area contributed by atoms with E-state index >= 15 is 0 Å². The molecular formula is C23H29F2N5. The Morgan fingerprint density at radius 2 is 1.70 bits per heavy atom. The zero-order valence-electron chi connectivity index (χ0n) is 17.5. The highest BCUT2D eigenvalue weighted by Crippen LogP contribution is 2.27. The van der Waals surface area contributed by atoms with E-state index in [1.807, 2.05) is 30.6 Å². The van der Waals surface area contributed by atoms with Crippen molar-refractivity contribution in [3.63, 3.8) is 0 Å². The third kappa shape index (κ3) is 5.15. The van der Waals surface area contributed by atoms with Crippen molar-refractivity contribution in [2.45, 2.75) is 32.5 Å². The zero-order chi connectivity index (χ0) is 21.1. The van der Waals surface area contributed by atoms with Gasteiger partial charge in [-0.2, -0.15) is 0 Å². The standard InChI is InChI=1S/C23H29F2N5/c1-17-7-8-26-21(13-17)22-27-14-20(28-22)16-30-11-9-29(10-12-30)15-18-3-5-19(6-4-18)23(2,24)25/h3-8,13-14,22,27-28H,9-12,15-16H2,1-2H3. The predicted molar refractivity (Wildman–Crippen MR) is 114 cm³/mol. The lowest BCUT2D eigenvalue weighted by Gasteiger charge is -2.35. The highest BCUT2D eigenvalue weighted by Gasteiger charge is 2.25. The largest absolute Gasteiger partial charge is 0.365 e. The molecule has 1 aromatic carbocycles. The summed E-state index contributed by atoms with van der Waals surface area (Å²) in [4.78, 5) is 9.26. The molecule has 1 aromatic heterocycles. The highest BCUT2D eigenvalue weighted by atomic mass is 19.3. The van der Waals surface area contributed by atoms with Crippen molar-refractivity contribution in [2.75, 3.05) is 32.7 Å². The zero-order valence-corrected chi connectivity index (χ0v) is 17.5. The average Bonchev–Trinajstić information content (AvgIpc) is 3.18. The van der Waals surface area contributed by atoms with Crippen molar-refractivity contribution >= 4 is 0 Å². The van der Waals surface area contributed by atoms with E-state index in [-0.39, 0.29) is 11.7 Å². The van der Waals surface area contributed by atoms with Gasteiger partial charge in [-0.05, 0) is 30.2 Å². The van der Waals surface area contributed by atoms with Crippen LogP contribution in [0, 0.1) is 6.92 Å². The van der Waals surface area contributed by atoms with E-state index in [9.17, 15) is 8.78 Å². The van der Waals surface area contributed by atoms with Crippen molar-refractivity contribution in [1.29, 1.82) is 0 Å². The summed E-state index contributed by atoms with van der Waals surface area (Å²) in [5.74, 6) is -2.78. The summed E-state index contributed by atoms with van der Waals surface area (Å²) in [5.41, 5.74) is 4.52. The topological polar surface area (TPSA) is 43.4 Å². The predicted octanol–water partition coefficient (Wildman–Crippen LogP) is 3.35. The molecule has 1 fully saturated rings. The third-order valence-electron chi connectivity index (χ3n) is 5.71. The first-order valence-corrected chi connectivity index (χ1v) is 10.4. The van der Waals surface area contributed by atoms with Crippen molar-refractivity contribution in [3.8, 4) is 0 Å². The molecule has 160 valence electrons. The minimum Gasteiger partial charge on any atom is -0.365 e. The monoisotopic (exact) mass is 413 g/mol. The van der Waals surface area contributed by atoms with Crippen molar-refractivity contribution in [2.24, 2.45) is 0 Å². The second-order valence-corrected chi connectivity index (χ2v) is 8.31. The normalized spacial score (nSPS) is 20.5. The minimum atomic E-state index is -2.78. The summed E-state index contributed by atoms with van der Waals surface area (Å²) in [7, 11) is 0. The number of hydrogen-bond donors (Lipinski definition) is 2. The summed E-state index contributed by atoms with van der Waals surface area (Å²) in [5, 5.41) is 6.89. The number of aryl methyl sites for hydroxylation is 1. The Kier molecular flexibility index (Phi) is 6.01. The maximum atomic E-state index is 13.4. The Morgan fingerprint density at radius 3 is 2.33 bits per heavy atom. The second-order valence-electron chi connectivity index (χ2n) is 8.31. The maximum absolute atomic E-state index is 13.4. The minimum absolute atomic E-state index is 0.0275. The van der Waals surface area contributed by atoms with Crippen LogP contribution in [-0.4, -0.2) is 47.5 Å². The molecule has 30 heavy (non-hydrogen) atoms. The molecule has 0 aliphatic carbocycles. The summed E-state index contributed by atoms with van der Waals surface area (Å²) in [6.45, 7) is 8.59. The van der Waals surface area contributed by atoms with Gasteiger partial charge in [0.2, 0.25) is 0 Å². The lowest BCUT2D eigenvalue weighted by molar-refractivity contribution is 0.0174. The number of piperazine rings is 1. The van der Waals surface area contributed by atoms with Gasteiger partial charge in [0.1, 0.15) is 6.17 Å². The van der Waals surface area contributed by atoms with Crippen LogP contribution in [0.1, 0.15) is 35.5 Å². The molecule has 1 atom stereocenters. The number of rotatable bonds is 6. The first-order valence-electron chi connectivity index (χ1n) is 10.4. The van der Waals surface area contributed by atoms with Gasteiger partial charge in [0, 0.05) is 69.8 Å². The molecule has 1 unspecified atom stereocenters. The van der Waals surface area contributed by atoms with Crippen LogP contribution in [0.3, 0.4) is 0 Å². The molecule has 0 radical (unpaired) electrons. The van der Waals surface area contributed by atoms with Crippen LogP contribution < -0.4 is 10.6 Å². The van der Waals surface area contributed by atoms with Crippen molar-refractivity contribution in [3.05, 3.63) is 76.9 Å². The van der Waals surface area contributed by atoms with Gasteiger partial charge in [0.25, 0.3) is 5.92 Å². The Hall–Kier alpha value is -2.51. The average molecular weight is 414 g/mol. The second kappa shape index (κ2) is 8.70. The number of aromatic nitrogens is 1. The molecule has 2 aliphatic rings. The van der Waals surface area contributed by atoms with Gasteiger partial charge in [-0.15, -0.1) is 0 Å². The molecule has 4 rings (SSSR count). The fourth-order valence-corrected chi connectivity index (χ4v) is 3.93. The molecule has 0 bridgehead atoms. The Morgan fingerprint density at radius 1 is 1.03 bits per heavy atom. The number of nitrogens with zero attached hydrogens (tertiary/aromatic N) is 3. The Balaban J connectivity index is 1.22. The molecule has 1 saturated heterocycles. The fraction of sp³-hybridized carbons (Fsp3) is 0.435. The quantitative estimate of drug-likeness (QED) is 0.760. The van der Waals surface area contributed by atoms with Crippen LogP contribution in [0.5, 0.6) is 0 Å². The maximum Gasteiger partial charge on any atom is 0.270 e. The van der Waals surface area contributed by atoms with E-state index in [0.29, 0.717) is 0 Å². The number of alkyl halides is 2. The molecule has 7 heteroatoms. The van der Waals surface area contributed by atoms with Crippen molar-refractivity contribution < 1.29 is 8.78 Å². The summed E-state index contributed by atoms with van der Waals surface area (Å²) >= 11 is 0. The van der Waals surface area contributed by atoms with E-state index < -0.39 is 5.92 Å². The Labute approximate surface area is 176 Å².